The SMILES string of the molecule is CN(CC(=O)Nc1ccc(Oc2c(Cl)cccc2Cl)c(F)c1)C(COc1ccccc1Cl)c1nnn[nH]1. The molecule has 4 rings (SSSR count). The number of nitrogens with one attached hydrogen (secondary N) is 2. The van der Waals surface area contributed by atoms with E-state index in [2.05, 4.69) is 25.9 Å². The molecular formula is C24H20Cl3FN6O3. The minimum atomic E-state index is -0.708. The maximum atomic E-state index is 14.7. The number of ether oxygens (including phenoxy) is 2. The van der Waals surface area contributed by atoms with Crippen molar-refractivity contribution in [1.82, 2.24) is 25.5 Å². The van der Waals surface area contributed by atoms with Gasteiger partial charge in [-0.25, -0.2) is 9.49 Å². The van der Waals surface area contributed by atoms with Crippen LogP contribution in [0.15, 0.2) is 60.7 Å². The Labute approximate surface area is 226 Å². The molecular weight excluding hydrogens is 546 g/mol. The van der Waals surface area contributed by atoms with Gasteiger partial charge in [-0.15, -0.1) is 5.10 Å². The molecule has 2 N–H and O–H groups in total. The smallest absolute Gasteiger partial charge is 0.238 e. The minimum absolute atomic E-state index is 0.0770. The molecule has 0 saturated heterocycles. The van der Waals surface area contributed by atoms with Crippen LogP contribution in [0.5, 0.6) is 17.2 Å². The summed E-state index contributed by atoms with van der Waals surface area (Å²) in [4.78, 5) is 14.4. The van der Waals surface area contributed by atoms with Crippen LogP contribution in [-0.4, -0.2) is 51.6 Å². The number of nitrogens with zero attached hydrogens (tertiary/aromatic N) is 4. The fourth-order valence-corrected chi connectivity index (χ4v) is 4.01. The number of H-pyrrole nitrogens is 1. The highest BCUT2D eigenvalue weighted by molar-refractivity contribution is 6.37. The topological polar surface area (TPSA) is 105 Å². The van der Waals surface area contributed by atoms with E-state index >= 15 is 0 Å². The molecule has 3 aromatic carbocycles. The standard InChI is InChI=1S/C24H20Cl3FN6O3/c1-34(19(24-30-32-33-31-24)13-36-20-8-3-2-5-15(20)25)12-22(35)29-14-9-10-21(18(28)11-14)37-23-16(26)6-4-7-17(23)27/h2-11,19H,12-13H2,1H3,(H,29,35)(H,30,31,32,33). The predicted molar refractivity (Wildman–Crippen MR) is 138 cm³/mol. The van der Waals surface area contributed by atoms with E-state index in [0.717, 1.165) is 6.07 Å². The number of amides is 1. The Bertz CT molecular complexity index is 1360. The van der Waals surface area contributed by atoms with Gasteiger partial charge in [-0.1, -0.05) is 53.0 Å². The second-order valence-electron chi connectivity index (χ2n) is 7.81. The number of carbonyl (C=O) groups excluding carboxylic acids is 1. The lowest BCUT2D eigenvalue weighted by Crippen LogP contribution is -2.36. The summed E-state index contributed by atoms with van der Waals surface area (Å²) in [7, 11) is 1.70. The number of hydrogen-bond acceptors (Lipinski definition) is 7. The largest absolute Gasteiger partial charge is 0.490 e. The average molecular weight is 566 g/mol. The van der Waals surface area contributed by atoms with Crippen molar-refractivity contribution in [3.8, 4) is 17.2 Å². The molecule has 0 fully saturated rings. The quantitative estimate of drug-likeness (QED) is 0.251. The van der Waals surface area contributed by atoms with Crippen molar-refractivity contribution in [3.63, 3.8) is 0 Å². The molecule has 1 heterocycles. The van der Waals surface area contributed by atoms with Gasteiger partial charge in [0, 0.05) is 11.8 Å². The Hall–Kier alpha value is -3.44. The van der Waals surface area contributed by atoms with E-state index in [-0.39, 0.29) is 40.4 Å². The van der Waals surface area contributed by atoms with Crippen LogP contribution in [0.2, 0.25) is 15.1 Å². The van der Waals surface area contributed by atoms with Crippen LogP contribution in [0.4, 0.5) is 10.1 Å². The minimum Gasteiger partial charge on any atom is -0.490 e. The first-order chi connectivity index (χ1) is 17.8. The number of carbonyl (C=O) groups is 1. The number of benzene rings is 3. The highest BCUT2D eigenvalue weighted by atomic mass is 35.5. The van der Waals surface area contributed by atoms with Crippen LogP contribution < -0.4 is 14.8 Å². The zero-order valence-electron chi connectivity index (χ0n) is 19.3. The maximum absolute atomic E-state index is 14.7. The van der Waals surface area contributed by atoms with Gasteiger partial charge in [-0.3, -0.25) is 9.69 Å². The van der Waals surface area contributed by atoms with E-state index in [1.54, 1.807) is 54.4 Å². The number of hydrogen-bond donors (Lipinski definition) is 2. The fourth-order valence-electron chi connectivity index (χ4n) is 3.34. The third kappa shape index (κ3) is 6.86. The lowest BCUT2D eigenvalue weighted by molar-refractivity contribution is -0.117. The highest BCUT2D eigenvalue weighted by Crippen LogP contribution is 2.37. The highest BCUT2D eigenvalue weighted by Gasteiger charge is 2.24. The van der Waals surface area contributed by atoms with Crippen LogP contribution in [-0.2, 0) is 4.79 Å². The monoisotopic (exact) mass is 564 g/mol. The number of anilines is 1. The van der Waals surface area contributed by atoms with Crippen LogP contribution in [0.25, 0.3) is 0 Å². The van der Waals surface area contributed by atoms with Crippen molar-refractivity contribution >= 4 is 46.4 Å². The van der Waals surface area contributed by atoms with Gasteiger partial charge in [0.1, 0.15) is 18.4 Å². The number of aromatic nitrogens is 4. The van der Waals surface area contributed by atoms with Gasteiger partial charge in [0.05, 0.1) is 21.6 Å². The summed E-state index contributed by atoms with van der Waals surface area (Å²) in [6.07, 6.45) is 0. The van der Waals surface area contributed by atoms with Gasteiger partial charge in [0.2, 0.25) is 5.91 Å². The maximum Gasteiger partial charge on any atom is 0.238 e. The van der Waals surface area contributed by atoms with E-state index < -0.39 is 17.8 Å². The summed E-state index contributed by atoms with van der Waals surface area (Å²) in [6.45, 7) is 0.0298. The van der Waals surface area contributed by atoms with Crippen LogP contribution in [0.3, 0.4) is 0 Å². The number of tetrazole rings is 1. The van der Waals surface area contributed by atoms with Gasteiger partial charge in [0.25, 0.3) is 0 Å². The van der Waals surface area contributed by atoms with E-state index in [1.807, 2.05) is 0 Å². The molecule has 0 aliphatic rings. The van der Waals surface area contributed by atoms with Gasteiger partial charge >= 0.3 is 0 Å². The number of likely N-dealkylation sites (N-methyl/N-ethyl adjacent to an activating group) is 1. The zero-order valence-corrected chi connectivity index (χ0v) is 21.6. The Morgan fingerprint density at radius 1 is 1.05 bits per heavy atom. The normalized spacial score (nSPS) is 11.8. The van der Waals surface area contributed by atoms with Crippen molar-refractivity contribution < 1.29 is 18.7 Å². The van der Waals surface area contributed by atoms with E-state index in [9.17, 15) is 9.18 Å². The lowest BCUT2D eigenvalue weighted by atomic mass is 10.2. The lowest BCUT2D eigenvalue weighted by Gasteiger charge is -2.25. The molecule has 0 bridgehead atoms. The fraction of sp³-hybridized carbons (Fsp3) is 0.167. The molecule has 37 heavy (non-hydrogen) atoms. The number of para-hydroxylation sites is 2. The van der Waals surface area contributed by atoms with E-state index in [4.69, 9.17) is 44.3 Å². The number of halogens is 4. The molecule has 1 unspecified atom stereocenters. The Balaban J connectivity index is 1.40. The summed E-state index contributed by atoms with van der Waals surface area (Å²) in [6, 6.07) is 15.3. The first-order valence-corrected chi connectivity index (χ1v) is 12.0. The summed E-state index contributed by atoms with van der Waals surface area (Å²) < 4.78 is 26.1. The zero-order chi connectivity index (χ0) is 26.4. The first-order valence-electron chi connectivity index (χ1n) is 10.8. The predicted octanol–water partition coefficient (Wildman–Crippen LogP) is 5.78. The average Bonchev–Trinajstić information content (AvgIpc) is 3.38. The second kappa shape index (κ2) is 12.2. The summed E-state index contributed by atoms with van der Waals surface area (Å²) in [5.74, 6) is -0.195. The molecule has 192 valence electrons. The van der Waals surface area contributed by atoms with Crippen molar-refractivity contribution in [2.75, 3.05) is 25.5 Å². The second-order valence-corrected chi connectivity index (χ2v) is 9.03. The summed E-state index contributed by atoms with van der Waals surface area (Å²) >= 11 is 18.3. The molecule has 1 amide bonds. The van der Waals surface area contributed by atoms with Gasteiger partial charge in [-0.2, -0.15) is 0 Å². The Morgan fingerprint density at radius 2 is 1.78 bits per heavy atom. The molecule has 9 nitrogen and oxygen atoms in total. The molecule has 0 radical (unpaired) electrons. The third-order valence-corrected chi connectivity index (χ3v) is 6.09. The van der Waals surface area contributed by atoms with E-state index in [1.165, 1.54) is 12.1 Å². The third-order valence-electron chi connectivity index (χ3n) is 5.18. The molecule has 0 spiro atoms. The van der Waals surface area contributed by atoms with Crippen LogP contribution >= 0.6 is 34.8 Å². The summed E-state index contributed by atoms with van der Waals surface area (Å²) in [5.41, 5.74) is 0.235. The number of aromatic amines is 1. The molecule has 0 aliphatic carbocycles. The molecule has 4 aromatic rings. The molecule has 1 aromatic heterocycles. The van der Waals surface area contributed by atoms with Crippen molar-refractivity contribution in [2.45, 2.75) is 6.04 Å². The van der Waals surface area contributed by atoms with Gasteiger partial charge < -0.3 is 14.8 Å². The van der Waals surface area contributed by atoms with Crippen molar-refractivity contribution in [2.24, 2.45) is 0 Å². The van der Waals surface area contributed by atoms with Gasteiger partial charge in [0.15, 0.2) is 23.1 Å². The van der Waals surface area contributed by atoms with Gasteiger partial charge in [-0.05, 0) is 53.9 Å². The first kappa shape index (κ1) is 26.6. The molecule has 0 aliphatic heterocycles. The Kier molecular flexibility index (Phi) is 8.78. The van der Waals surface area contributed by atoms with Crippen LogP contribution in [0.1, 0.15) is 11.9 Å². The molecule has 0 saturated carbocycles. The Morgan fingerprint density at radius 3 is 2.46 bits per heavy atom. The van der Waals surface area contributed by atoms with E-state index in [0.29, 0.717) is 16.6 Å². The summed E-state index contributed by atoms with van der Waals surface area (Å²) in [5, 5.41) is 17.4. The molecule has 13 heteroatoms. The number of rotatable bonds is 10. The van der Waals surface area contributed by atoms with Crippen molar-refractivity contribution in [3.05, 3.63) is 87.4 Å². The van der Waals surface area contributed by atoms with Crippen LogP contribution in [0, 0.1) is 5.82 Å². The van der Waals surface area contributed by atoms with Crippen molar-refractivity contribution in [1.29, 1.82) is 0 Å². The molecule has 1 atom stereocenters.